The summed E-state index contributed by atoms with van der Waals surface area (Å²) in [6.07, 6.45) is 0.656. The third-order valence-corrected chi connectivity index (χ3v) is 4.44. The summed E-state index contributed by atoms with van der Waals surface area (Å²) in [7, 11) is 0. The second kappa shape index (κ2) is 7.75. The molecule has 0 unspecified atom stereocenters. The van der Waals surface area contributed by atoms with Gasteiger partial charge < -0.3 is 4.74 Å². The van der Waals surface area contributed by atoms with E-state index < -0.39 is 5.91 Å². The van der Waals surface area contributed by atoms with Crippen LogP contribution in [-0.2, 0) is 16.0 Å². The zero-order valence-corrected chi connectivity index (χ0v) is 15.5. The molecular formula is C21H20ClNO3. The van der Waals surface area contributed by atoms with Crippen molar-refractivity contribution in [2.75, 3.05) is 6.54 Å². The van der Waals surface area contributed by atoms with Crippen molar-refractivity contribution < 1.29 is 14.3 Å². The Morgan fingerprint density at radius 1 is 0.962 bits per heavy atom. The molecule has 134 valence electrons. The Hall–Kier alpha value is -2.59. The Balaban J connectivity index is 1.76. The second-order valence-electron chi connectivity index (χ2n) is 6.38. The van der Waals surface area contributed by atoms with Gasteiger partial charge in [-0.2, -0.15) is 0 Å². The third-order valence-electron chi connectivity index (χ3n) is 4.09. The largest absolute Gasteiger partial charge is 0.491 e. The second-order valence-corrected chi connectivity index (χ2v) is 6.76. The Kier molecular flexibility index (Phi) is 5.43. The zero-order chi connectivity index (χ0) is 18.7. The monoisotopic (exact) mass is 369 g/mol. The van der Waals surface area contributed by atoms with E-state index in [4.69, 9.17) is 16.3 Å². The van der Waals surface area contributed by atoms with Gasteiger partial charge >= 0.3 is 0 Å². The quantitative estimate of drug-likeness (QED) is 0.722. The highest BCUT2D eigenvalue weighted by atomic mass is 35.5. The number of benzene rings is 2. The van der Waals surface area contributed by atoms with Gasteiger partial charge in [-0.1, -0.05) is 54.1 Å². The fourth-order valence-corrected chi connectivity index (χ4v) is 3.15. The van der Waals surface area contributed by atoms with Gasteiger partial charge in [-0.05, 0) is 43.5 Å². The molecule has 3 rings (SSSR count). The maximum Gasteiger partial charge on any atom is 0.273 e. The van der Waals surface area contributed by atoms with Crippen LogP contribution in [0.5, 0.6) is 5.75 Å². The van der Waals surface area contributed by atoms with Gasteiger partial charge in [0.15, 0.2) is 0 Å². The minimum absolute atomic E-state index is 0.0272. The summed E-state index contributed by atoms with van der Waals surface area (Å²) in [5.41, 5.74) is 1.93. The molecular weight excluding hydrogens is 350 g/mol. The molecule has 0 spiro atoms. The van der Waals surface area contributed by atoms with Crippen molar-refractivity contribution in [3.63, 3.8) is 0 Å². The van der Waals surface area contributed by atoms with E-state index >= 15 is 0 Å². The lowest BCUT2D eigenvalue weighted by atomic mass is 10.1. The Morgan fingerprint density at radius 2 is 1.62 bits per heavy atom. The van der Waals surface area contributed by atoms with Crippen LogP contribution >= 0.6 is 11.6 Å². The average molecular weight is 370 g/mol. The lowest BCUT2D eigenvalue weighted by Gasteiger charge is -2.15. The van der Waals surface area contributed by atoms with Gasteiger partial charge in [0, 0.05) is 6.54 Å². The summed E-state index contributed by atoms with van der Waals surface area (Å²) in [6, 6.07) is 16.8. The van der Waals surface area contributed by atoms with Crippen LogP contribution in [0.15, 0.2) is 59.6 Å². The van der Waals surface area contributed by atoms with Crippen LogP contribution < -0.4 is 4.74 Å². The number of hydrogen-bond acceptors (Lipinski definition) is 3. The Labute approximate surface area is 158 Å². The van der Waals surface area contributed by atoms with Gasteiger partial charge in [-0.25, -0.2) is 0 Å². The van der Waals surface area contributed by atoms with E-state index in [1.54, 1.807) is 24.3 Å². The van der Waals surface area contributed by atoms with E-state index in [-0.39, 0.29) is 22.6 Å². The fourth-order valence-electron chi connectivity index (χ4n) is 2.86. The first-order valence-electron chi connectivity index (χ1n) is 8.54. The highest BCUT2D eigenvalue weighted by Gasteiger charge is 2.37. The molecule has 0 radical (unpaired) electrons. The molecule has 1 aliphatic rings. The maximum absolute atomic E-state index is 12.7. The summed E-state index contributed by atoms with van der Waals surface area (Å²) in [6.45, 7) is 4.18. The number of halogens is 1. The van der Waals surface area contributed by atoms with Gasteiger partial charge in [0.1, 0.15) is 10.8 Å². The lowest BCUT2D eigenvalue weighted by Crippen LogP contribution is -2.33. The summed E-state index contributed by atoms with van der Waals surface area (Å²) in [4.78, 5) is 26.4. The zero-order valence-electron chi connectivity index (χ0n) is 14.7. The lowest BCUT2D eigenvalue weighted by molar-refractivity contribution is -0.136. The van der Waals surface area contributed by atoms with Crippen LogP contribution in [0.4, 0.5) is 0 Å². The van der Waals surface area contributed by atoms with Gasteiger partial charge in [-0.15, -0.1) is 0 Å². The smallest absolute Gasteiger partial charge is 0.273 e. The molecule has 0 bridgehead atoms. The number of ether oxygens (including phenoxy) is 1. The van der Waals surface area contributed by atoms with Crippen molar-refractivity contribution in [3.05, 3.63) is 70.8 Å². The van der Waals surface area contributed by atoms with Crippen LogP contribution in [0.1, 0.15) is 25.0 Å². The molecule has 4 nitrogen and oxygen atoms in total. The molecule has 0 aliphatic carbocycles. The van der Waals surface area contributed by atoms with Crippen LogP contribution in [0.3, 0.4) is 0 Å². The normalized spacial score (nSPS) is 14.5. The van der Waals surface area contributed by atoms with E-state index in [2.05, 4.69) is 0 Å². The highest BCUT2D eigenvalue weighted by Crippen LogP contribution is 2.32. The standard InChI is InChI=1S/C21H20ClNO3/c1-14(2)26-17-10-8-16(9-11-17)18-19(22)21(25)23(20(18)24)13-12-15-6-4-3-5-7-15/h3-11,14H,12-13H2,1-2H3. The number of hydrogen-bond donors (Lipinski definition) is 0. The predicted molar refractivity (Wildman–Crippen MR) is 102 cm³/mol. The van der Waals surface area contributed by atoms with E-state index in [9.17, 15) is 9.59 Å². The molecule has 26 heavy (non-hydrogen) atoms. The van der Waals surface area contributed by atoms with Crippen molar-refractivity contribution in [1.29, 1.82) is 0 Å². The fraction of sp³-hybridized carbons (Fsp3) is 0.238. The van der Waals surface area contributed by atoms with Crippen LogP contribution in [-0.4, -0.2) is 29.4 Å². The van der Waals surface area contributed by atoms with Crippen LogP contribution in [0.25, 0.3) is 5.57 Å². The van der Waals surface area contributed by atoms with E-state index in [0.29, 0.717) is 24.3 Å². The molecule has 0 N–H and O–H groups in total. The van der Waals surface area contributed by atoms with Crippen molar-refractivity contribution in [2.24, 2.45) is 0 Å². The average Bonchev–Trinajstić information content (AvgIpc) is 2.84. The molecule has 1 heterocycles. The molecule has 1 aliphatic heterocycles. The maximum atomic E-state index is 12.7. The van der Waals surface area contributed by atoms with Gasteiger partial charge in [0.05, 0.1) is 11.7 Å². The summed E-state index contributed by atoms with van der Waals surface area (Å²) in [5.74, 6) is -0.0863. The number of nitrogens with zero attached hydrogens (tertiary/aromatic N) is 1. The van der Waals surface area contributed by atoms with Crippen molar-refractivity contribution in [2.45, 2.75) is 26.4 Å². The van der Waals surface area contributed by atoms with Gasteiger partial charge in [-0.3, -0.25) is 14.5 Å². The molecule has 0 saturated carbocycles. The number of carbonyl (C=O) groups is 2. The molecule has 0 atom stereocenters. The number of rotatable bonds is 6. The summed E-state index contributed by atoms with van der Waals surface area (Å²) < 4.78 is 5.60. The van der Waals surface area contributed by atoms with Crippen molar-refractivity contribution in [1.82, 2.24) is 4.90 Å². The molecule has 0 aromatic heterocycles. The van der Waals surface area contributed by atoms with E-state index in [0.717, 1.165) is 5.56 Å². The molecule has 2 amide bonds. The predicted octanol–water partition coefficient (Wildman–Crippen LogP) is 4.04. The van der Waals surface area contributed by atoms with Crippen LogP contribution in [0.2, 0.25) is 0 Å². The minimum atomic E-state index is -0.440. The Morgan fingerprint density at radius 3 is 2.23 bits per heavy atom. The minimum Gasteiger partial charge on any atom is -0.491 e. The van der Waals surface area contributed by atoms with E-state index in [1.165, 1.54) is 4.90 Å². The SMILES string of the molecule is CC(C)Oc1ccc(C2=C(Cl)C(=O)N(CCc3ccccc3)C2=O)cc1. The number of imide groups is 1. The number of carbonyl (C=O) groups excluding carboxylic acids is 2. The van der Waals surface area contributed by atoms with E-state index in [1.807, 2.05) is 44.2 Å². The first kappa shape index (κ1) is 18.2. The van der Waals surface area contributed by atoms with Crippen LogP contribution in [0, 0.1) is 0 Å². The molecule has 5 heteroatoms. The highest BCUT2D eigenvalue weighted by molar-refractivity contribution is 6.55. The third kappa shape index (κ3) is 3.81. The van der Waals surface area contributed by atoms with Gasteiger partial charge in [0.2, 0.25) is 0 Å². The van der Waals surface area contributed by atoms with Gasteiger partial charge in [0.25, 0.3) is 11.8 Å². The Bertz CT molecular complexity index is 841. The summed E-state index contributed by atoms with van der Waals surface area (Å²) >= 11 is 6.20. The first-order valence-corrected chi connectivity index (χ1v) is 8.92. The molecule has 0 saturated heterocycles. The van der Waals surface area contributed by atoms with Crippen molar-refractivity contribution >= 4 is 29.0 Å². The molecule has 2 aromatic rings. The number of amides is 2. The molecule has 2 aromatic carbocycles. The molecule has 0 fully saturated rings. The van der Waals surface area contributed by atoms with Crippen molar-refractivity contribution in [3.8, 4) is 5.75 Å². The topological polar surface area (TPSA) is 46.6 Å². The summed E-state index contributed by atoms with van der Waals surface area (Å²) in [5, 5.41) is -0.0272. The first-order chi connectivity index (χ1) is 12.5.